The van der Waals surface area contributed by atoms with Crippen molar-refractivity contribution in [3.8, 4) is 0 Å². The van der Waals surface area contributed by atoms with Gasteiger partial charge in [-0.2, -0.15) is 0 Å². The normalized spacial score (nSPS) is 13.5. The number of carboxylic acids is 1. The number of carboxylic acid groups (broad SMARTS) is 1. The van der Waals surface area contributed by atoms with E-state index in [9.17, 15) is 4.79 Å². The highest BCUT2D eigenvalue weighted by Gasteiger charge is 2.15. The summed E-state index contributed by atoms with van der Waals surface area (Å²) >= 11 is 0. The Morgan fingerprint density at radius 2 is 2.27 bits per heavy atom. The second-order valence-corrected chi connectivity index (χ2v) is 2.53. The van der Waals surface area contributed by atoms with E-state index in [0.717, 1.165) is 6.54 Å². The number of hydrogen-bond acceptors (Lipinski definition) is 3. The van der Waals surface area contributed by atoms with Gasteiger partial charge in [-0.3, -0.25) is 4.79 Å². The predicted molar refractivity (Wildman–Crippen MR) is 43.7 cm³/mol. The monoisotopic (exact) mass is 160 g/mol. The number of nitrogens with zero attached hydrogens (tertiary/aromatic N) is 1. The summed E-state index contributed by atoms with van der Waals surface area (Å²) in [5.41, 5.74) is 0. The van der Waals surface area contributed by atoms with Crippen LogP contribution < -0.4 is 5.32 Å². The minimum absolute atomic E-state index is 0.458. The first-order valence-electron chi connectivity index (χ1n) is 3.70. The van der Waals surface area contributed by atoms with Crippen LogP contribution in [0.3, 0.4) is 0 Å². The van der Waals surface area contributed by atoms with Crippen molar-refractivity contribution >= 4 is 5.97 Å². The molecule has 4 nitrogen and oxygen atoms in total. The molecule has 0 aromatic rings. The molecule has 0 aliphatic heterocycles. The lowest BCUT2D eigenvalue weighted by molar-refractivity contribution is -0.139. The van der Waals surface area contributed by atoms with E-state index in [1.807, 2.05) is 18.9 Å². The molecule has 0 bridgehead atoms. The maximum Gasteiger partial charge on any atom is 0.322 e. The van der Waals surface area contributed by atoms with Crippen molar-refractivity contribution < 1.29 is 9.90 Å². The molecule has 11 heavy (non-hydrogen) atoms. The lowest BCUT2D eigenvalue weighted by Gasteiger charge is -2.18. The lowest BCUT2D eigenvalue weighted by Crippen LogP contribution is -2.43. The fourth-order valence-electron chi connectivity index (χ4n) is 0.734. The molecule has 0 radical (unpaired) electrons. The van der Waals surface area contributed by atoms with Crippen LogP contribution in [0.1, 0.15) is 6.92 Å². The molecule has 2 N–H and O–H groups in total. The Kier molecular flexibility index (Phi) is 4.81. The maximum atomic E-state index is 10.5. The molecular formula is C7H16N2O2. The highest BCUT2D eigenvalue weighted by molar-refractivity contribution is 5.73. The fraction of sp³-hybridized carbons (Fsp3) is 0.857. The zero-order chi connectivity index (χ0) is 8.85. The third kappa shape index (κ3) is 3.95. The van der Waals surface area contributed by atoms with Crippen LogP contribution >= 0.6 is 0 Å². The standard InChI is InChI=1S/C7H16N2O2/c1-4-9(3)5-6(8-2)7(10)11/h6,8H,4-5H2,1-3H3,(H,10,11). The van der Waals surface area contributed by atoms with Crippen LogP contribution in [0.25, 0.3) is 0 Å². The number of nitrogens with one attached hydrogen (secondary N) is 1. The molecule has 1 atom stereocenters. The molecule has 0 saturated carbocycles. The minimum Gasteiger partial charge on any atom is -0.480 e. The SMILES string of the molecule is CCN(C)CC(NC)C(=O)O. The smallest absolute Gasteiger partial charge is 0.322 e. The van der Waals surface area contributed by atoms with Crippen molar-refractivity contribution in [2.24, 2.45) is 0 Å². The average Bonchev–Trinajstić information content (AvgIpc) is 1.99. The van der Waals surface area contributed by atoms with E-state index in [1.165, 1.54) is 0 Å². The molecular weight excluding hydrogens is 144 g/mol. The molecule has 66 valence electrons. The molecule has 0 aliphatic carbocycles. The molecule has 0 rings (SSSR count). The Morgan fingerprint density at radius 1 is 1.73 bits per heavy atom. The summed E-state index contributed by atoms with van der Waals surface area (Å²) in [6, 6.07) is -0.458. The van der Waals surface area contributed by atoms with Crippen LogP contribution in [-0.2, 0) is 4.79 Å². The van der Waals surface area contributed by atoms with Gasteiger partial charge < -0.3 is 15.3 Å². The van der Waals surface area contributed by atoms with Crippen LogP contribution in [0, 0.1) is 0 Å². The first-order chi connectivity index (χ1) is 5.11. The zero-order valence-electron chi connectivity index (χ0n) is 7.29. The quantitative estimate of drug-likeness (QED) is 0.575. The maximum absolute atomic E-state index is 10.5. The first kappa shape index (κ1) is 10.4. The predicted octanol–water partition coefficient (Wildman–Crippen LogP) is -0.389. The van der Waals surface area contributed by atoms with Crippen LogP contribution in [0.15, 0.2) is 0 Å². The Labute approximate surface area is 67.2 Å². The van der Waals surface area contributed by atoms with Gasteiger partial charge in [-0.15, -0.1) is 0 Å². The van der Waals surface area contributed by atoms with E-state index in [0.29, 0.717) is 6.54 Å². The summed E-state index contributed by atoms with van der Waals surface area (Å²) in [6.45, 7) is 3.41. The van der Waals surface area contributed by atoms with Gasteiger partial charge in [0, 0.05) is 6.54 Å². The van der Waals surface area contributed by atoms with Crippen LogP contribution in [0.2, 0.25) is 0 Å². The van der Waals surface area contributed by atoms with Gasteiger partial charge in [0.25, 0.3) is 0 Å². The van der Waals surface area contributed by atoms with E-state index in [-0.39, 0.29) is 0 Å². The minimum atomic E-state index is -0.798. The molecule has 0 saturated heterocycles. The number of hydrogen-bond donors (Lipinski definition) is 2. The van der Waals surface area contributed by atoms with Crippen molar-refractivity contribution in [2.75, 3.05) is 27.2 Å². The topological polar surface area (TPSA) is 52.6 Å². The van der Waals surface area contributed by atoms with Gasteiger partial charge in [0.2, 0.25) is 0 Å². The van der Waals surface area contributed by atoms with Crippen molar-refractivity contribution in [2.45, 2.75) is 13.0 Å². The molecule has 0 fully saturated rings. The second kappa shape index (κ2) is 5.09. The Morgan fingerprint density at radius 3 is 2.55 bits per heavy atom. The third-order valence-electron chi connectivity index (χ3n) is 1.68. The summed E-state index contributed by atoms with van der Waals surface area (Å²) in [5, 5.41) is 11.4. The van der Waals surface area contributed by atoms with E-state index in [2.05, 4.69) is 5.32 Å². The van der Waals surface area contributed by atoms with Crippen molar-refractivity contribution in [1.82, 2.24) is 10.2 Å². The second-order valence-electron chi connectivity index (χ2n) is 2.53. The molecule has 0 spiro atoms. The van der Waals surface area contributed by atoms with Gasteiger partial charge in [0.15, 0.2) is 0 Å². The highest BCUT2D eigenvalue weighted by atomic mass is 16.4. The van der Waals surface area contributed by atoms with Gasteiger partial charge in [-0.1, -0.05) is 6.92 Å². The molecule has 0 aromatic carbocycles. The summed E-state index contributed by atoms with van der Waals surface area (Å²) in [7, 11) is 3.55. The number of rotatable bonds is 5. The largest absolute Gasteiger partial charge is 0.480 e. The average molecular weight is 160 g/mol. The molecule has 0 aromatic heterocycles. The summed E-state index contributed by atoms with van der Waals surface area (Å²) in [6.07, 6.45) is 0. The summed E-state index contributed by atoms with van der Waals surface area (Å²) < 4.78 is 0. The van der Waals surface area contributed by atoms with Gasteiger partial charge in [0.05, 0.1) is 0 Å². The number of carbonyl (C=O) groups is 1. The molecule has 1 unspecified atom stereocenters. The van der Waals surface area contributed by atoms with Crippen LogP contribution in [-0.4, -0.2) is 49.2 Å². The van der Waals surface area contributed by atoms with Gasteiger partial charge in [0.1, 0.15) is 6.04 Å². The zero-order valence-corrected chi connectivity index (χ0v) is 7.29. The molecule has 0 aliphatic rings. The Bertz CT molecular complexity index is 128. The van der Waals surface area contributed by atoms with E-state index >= 15 is 0 Å². The Balaban J connectivity index is 3.77. The summed E-state index contributed by atoms with van der Waals surface area (Å²) in [4.78, 5) is 12.4. The summed E-state index contributed by atoms with van der Waals surface area (Å²) in [5.74, 6) is -0.798. The Hall–Kier alpha value is -0.610. The molecule has 0 heterocycles. The van der Waals surface area contributed by atoms with E-state index in [1.54, 1.807) is 7.05 Å². The molecule has 0 amide bonds. The highest BCUT2D eigenvalue weighted by Crippen LogP contribution is 1.88. The van der Waals surface area contributed by atoms with Crippen LogP contribution in [0.4, 0.5) is 0 Å². The van der Waals surface area contributed by atoms with Crippen LogP contribution in [0.5, 0.6) is 0 Å². The van der Waals surface area contributed by atoms with E-state index < -0.39 is 12.0 Å². The van der Waals surface area contributed by atoms with Crippen molar-refractivity contribution in [3.05, 3.63) is 0 Å². The lowest BCUT2D eigenvalue weighted by atomic mass is 10.3. The third-order valence-corrected chi connectivity index (χ3v) is 1.68. The first-order valence-corrected chi connectivity index (χ1v) is 3.70. The molecule has 4 heteroatoms. The van der Waals surface area contributed by atoms with Crippen molar-refractivity contribution in [1.29, 1.82) is 0 Å². The van der Waals surface area contributed by atoms with Gasteiger partial charge in [-0.05, 0) is 20.6 Å². The van der Waals surface area contributed by atoms with Gasteiger partial charge in [-0.25, -0.2) is 0 Å². The number of likely N-dealkylation sites (N-methyl/N-ethyl adjacent to an activating group) is 2. The fourth-order valence-corrected chi connectivity index (χ4v) is 0.734. The van der Waals surface area contributed by atoms with E-state index in [4.69, 9.17) is 5.11 Å². The van der Waals surface area contributed by atoms with Crippen molar-refractivity contribution in [3.63, 3.8) is 0 Å². The number of aliphatic carboxylic acids is 1. The van der Waals surface area contributed by atoms with Gasteiger partial charge >= 0.3 is 5.97 Å².